The quantitative estimate of drug-likeness (QED) is 0.160. The van der Waals surface area contributed by atoms with Gasteiger partial charge in [0, 0.05) is 23.1 Å². The number of anilines is 1. The van der Waals surface area contributed by atoms with Gasteiger partial charge in [0.1, 0.15) is 11.8 Å². The molecule has 4 aromatic carbocycles. The van der Waals surface area contributed by atoms with E-state index in [1.807, 2.05) is 12.1 Å². The van der Waals surface area contributed by atoms with E-state index >= 15 is 0 Å². The summed E-state index contributed by atoms with van der Waals surface area (Å²) in [4.78, 5) is 19.8. The normalized spacial score (nSPS) is 13.4. The smallest absolute Gasteiger partial charge is 0.429 e. The number of methoxy groups -OCH3 is 1. The first-order valence-corrected chi connectivity index (χ1v) is 13.8. The molecular formula is C34H29F3N4O4. The molecule has 1 heterocycles. The molecule has 0 saturated heterocycles. The molecule has 0 aliphatic heterocycles. The summed E-state index contributed by atoms with van der Waals surface area (Å²) >= 11 is 0. The Morgan fingerprint density at radius 2 is 1.40 bits per heavy atom. The maximum atomic E-state index is 14.3. The predicted octanol–water partition coefficient (Wildman–Crippen LogP) is 6.63. The molecule has 0 amide bonds. The summed E-state index contributed by atoms with van der Waals surface area (Å²) < 4.78 is 53.4. The summed E-state index contributed by atoms with van der Waals surface area (Å²) in [6.45, 7) is 0. The fourth-order valence-corrected chi connectivity index (χ4v) is 5.02. The zero-order valence-corrected chi connectivity index (χ0v) is 24.0. The third kappa shape index (κ3) is 7.22. The van der Waals surface area contributed by atoms with Crippen LogP contribution in [-0.4, -0.2) is 40.4 Å². The molecule has 3 atom stereocenters. The van der Waals surface area contributed by atoms with E-state index in [4.69, 9.17) is 20.9 Å². The number of alkyl halides is 3. The monoisotopic (exact) mass is 614 g/mol. The molecule has 5 aromatic rings. The molecule has 230 valence electrons. The Bertz CT molecular complexity index is 1770. The van der Waals surface area contributed by atoms with Crippen LogP contribution < -0.4 is 20.9 Å². The van der Waals surface area contributed by atoms with Crippen molar-refractivity contribution in [3.8, 4) is 34.0 Å². The van der Waals surface area contributed by atoms with Gasteiger partial charge in [0.15, 0.2) is 0 Å². The molecule has 0 aliphatic rings. The lowest BCUT2D eigenvalue weighted by atomic mass is 9.85. The van der Waals surface area contributed by atoms with Crippen molar-refractivity contribution in [2.75, 3.05) is 12.8 Å². The van der Waals surface area contributed by atoms with Gasteiger partial charge >= 0.3 is 12.1 Å². The minimum Gasteiger partial charge on any atom is -0.497 e. The van der Waals surface area contributed by atoms with E-state index in [0.29, 0.717) is 22.4 Å². The Morgan fingerprint density at radius 3 is 2.02 bits per heavy atom. The van der Waals surface area contributed by atoms with Crippen molar-refractivity contribution in [3.63, 3.8) is 0 Å². The molecule has 5 rings (SSSR count). The van der Waals surface area contributed by atoms with Gasteiger partial charge in [-0.25, -0.2) is 4.98 Å². The van der Waals surface area contributed by atoms with E-state index in [9.17, 15) is 23.1 Å². The maximum Gasteiger partial charge on any atom is 0.429 e. The van der Waals surface area contributed by atoms with Gasteiger partial charge in [-0.05, 0) is 34.4 Å². The van der Waals surface area contributed by atoms with E-state index in [2.05, 4.69) is 9.97 Å². The zero-order valence-electron chi connectivity index (χ0n) is 24.0. The minimum atomic E-state index is -4.77. The lowest BCUT2D eigenvalue weighted by Gasteiger charge is -2.23. The van der Waals surface area contributed by atoms with Gasteiger partial charge in [-0.1, -0.05) is 91.0 Å². The number of carbonyl (C=O) groups is 1. The second-order valence-corrected chi connectivity index (χ2v) is 10.2. The summed E-state index contributed by atoms with van der Waals surface area (Å²) in [5.41, 5.74) is 15.4. The number of carboxylic acid groups (broad SMARTS) is 1. The van der Waals surface area contributed by atoms with Crippen LogP contribution in [0.5, 0.6) is 11.6 Å². The summed E-state index contributed by atoms with van der Waals surface area (Å²) in [5.74, 6) is -1.83. The van der Waals surface area contributed by atoms with Crippen molar-refractivity contribution in [2.24, 2.45) is 5.73 Å². The molecule has 8 nitrogen and oxygen atoms in total. The number of nitrogens with zero attached hydrogens (tertiary/aromatic N) is 2. The van der Waals surface area contributed by atoms with Gasteiger partial charge < -0.3 is 26.0 Å². The topological polar surface area (TPSA) is 134 Å². The largest absolute Gasteiger partial charge is 0.497 e. The highest BCUT2D eigenvalue weighted by Crippen LogP contribution is 2.38. The Labute approximate surface area is 257 Å². The van der Waals surface area contributed by atoms with Crippen LogP contribution in [-0.2, 0) is 4.79 Å². The SMILES string of the molecule is COc1cccc(-c2ccc([C@@H](Oc3cc(-c4ccc(C(c5ccccc5)C(N)C(=O)O)cc4)nc(N)n3)C(F)(F)F)cc2)c1. The van der Waals surface area contributed by atoms with Gasteiger partial charge in [0.2, 0.25) is 17.9 Å². The second kappa shape index (κ2) is 13.1. The first kappa shape index (κ1) is 31.0. The van der Waals surface area contributed by atoms with E-state index < -0.39 is 30.2 Å². The number of nitrogens with two attached hydrogens (primary N) is 2. The van der Waals surface area contributed by atoms with Crippen molar-refractivity contribution in [3.05, 3.63) is 126 Å². The number of benzene rings is 4. The van der Waals surface area contributed by atoms with Crippen LogP contribution in [0.3, 0.4) is 0 Å². The number of nitrogen functional groups attached to an aromatic ring is 1. The van der Waals surface area contributed by atoms with Gasteiger partial charge in [-0.2, -0.15) is 18.2 Å². The molecule has 5 N–H and O–H groups in total. The number of ether oxygens (including phenoxy) is 2. The molecule has 1 aromatic heterocycles. The average molecular weight is 615 g/mol. The molecule has 11 heteroatoms. The molecule has 0 spiro atoms. The minimum absolute atomic E-state index is 0.126. The lowest BCUT2D eigenvalue weighted by molar-refractivity contribution is -0.198. The number of aromatic nitrogens is 2. The molecule has 0 saturated carbocycles. The lowest BCUT2D eigenvalue weighted by Crippen LogP contribution is -2.37. The van der Waals surface area contributed by atoms with Crippen LogP contribution in [0.1, 0.15) is 28.7 Å². The molecule has 0 bridgehead atoms. The summed E-state index contributed by atoms with van der Waals surface area (Å²) in [7, 11) is 1.54. The van der Waals surface area contributed by atoms with Gasteiger partial charge in [0.25, 0.3) is 0 Å². The highest BCUT2D eigenvalue weighted by Gasteiger charge is 2.43. The van der Waals surface area contributed by atoms with Crippen molar-refractivity contribution in [2.45, 2.75) is 24.2 Å². The third-order valence-corrected chi connectivity index (χ3v) is 7.24. The van der Waals surface area contributed by atoms with Crippen LogP contribution in [0.15, 0.2) is 109 Å². The van der Waals surface area contributed by atoms with Crippen molar-refractivity contribution >= 4 is 11.9 Å². The summed E-state index contributed by atoms with van der Waals surface area (Å²) in [6.07, 6.45) is -7.10. The highest BCUT2D eigenvalue weighted by atomic mass is 19.4. The van der Waals surface area contributed by atoms with Crippen LogP contribution in [0, 0.1) is 0 Å². The molecular weight excluding hydrogens is 585 g/mol. The van der Waals surface area contributed by atoms with Crippen molar-refractivity contribution in [1.82, 2.24) is 9.97 Å². The highest BCUT2D eigenvalue weighted by molar-refractivity contribution is 5.76. The van der Waals surface area contributed by atoms with Crippen LogP contribution in [0.25, 0.3) is 22.4 Å². The third-order valence-electron chi connectivity index (χ3n) is 7.24. The Kier molecular flexibility index (Phi) is 9.01. The second-order valence-electron chi connectivity index (χ2n) is 10.2. The van der Waals surface area contributed by atoms with Crippen molar-refractivity contribution < 1.29 is 32.5 Å². The van der Waals surface area contributed by atoms with Gasteiger partial charge in [-0.15, -0.1) is 0 Å². The number of carboxylic acids is 1. The standard InChI is InChI=1S/C34H29F3N4O4/c1-44-26-9-5-8-25(18-26)20-10-16-24(17-11-20)31(34(35,36)37)45-28-19-27(40-33(39)41-28)21-12-14-23(15-13-21)29(30(38)32(42)43)22-6-3-2-4-7-22/h2-19,29-31H,38H2,1H3,(H,42,43)(H2,39,40,41)/t29?,30?,31-/m1/s1. The maximum absolute atomic E-state index is 14.3. The van der Waals surface area contributed by atoms with E-state index in [1.165, 1.54) is 25.3 Å². The fraction of sp³-hybridized carbons (Fsp3) is 0.147. The Hall–Kier alpha value is -5.42. The number of hydrogen-bond acceptors (Lipinski definition) is 7. The fourth-order valence-electron chi connectivity index (χ4n) is 5.02. The van der Waals surface area contributed by atoms with E-state index in [1.54, 1.807) is 78.9 Å². The Morgan fingerprint density at radius 1 is 0.778 bits per heavy atom. The predicted molar refractivity (Wildman–Crippen MR) is 164 cm³/mol. The van der Waals surface area contributed by atoms with E-state index in [0.717, 1.165) is 11.1 Å². The van der Waals surface area contributed by atoms with E-state index in [-0.39, 0.29) is 23.1 Å². The number of aliphatic carboxylic acids is 1. The molecule has 45 heavy (non-hydrogen) atoms. The molecule has 0 aliphatic carbocycles. The summed E-state index contributed by atoms with van der Waals surface area (Å²) in [5, 5.41) is 9.61. The number of hydrogen-bond donors (Lipinski definition) is 3. The molecule has 2 unspecified atom stereocenters. The molecule has 0 fully saturated rings. The first-order chi connectivity index (χ1) is 21.5. The van der Waals surface area contributed by atoms with Crippen LogP contribution in [0.2, 0.25) is 0 Å². The Balaban J connectivity index is 1.42. The number of rotatable bonds is 10. The molecule has 0 radical (unpaired) electrons. The first-order valence-electron chi connectivity index (χ1n) is 13.8. The van der Waals surface area contributed by atoms with Gasteiger partial charge in [0.05, 0.1) is 12.8 Å². The van der Waals surface area contributed by atoms with Crippen LogP contribution in [0.4, 0.5) is 19.1 Å². The summed E-state index contributed by atoms with van der Waals surface area (Å²) in [6, 6.07) is 28.8. The average Bonchev–Trinajstić information content (AvgIpc) is 3.04. The number of halogens is 3. The van der Waals surface area contributed by atoms with Crippen molar-refractivity contribution in [1.29, 1.82) is 0 Å². The van der Waals surface area contributed by atoms with Crippen LogP contribution >= 0.6 is 0 Å². The van der Waals surface area contributed by atoms with Gasteiger partial charge in [-0.3, -0.25) is 4.79 Å². The zero-order chi connectivity index (χ0) is 32.1.